The molecule has 0 aliphatic rings. The van der Waals surface area contributed by atoms with E-state index in [1.165, 1.54) is 30.6 Å². The fraction of sp³-hybridized carbons (Fsp3) is 0.100. The van der Waals surface area contributed by atoms with Gasteiger partial charge in [0.25, 0.3) is 5.91 Å². The Morgan fingerprint density at radius 3 is 2.28 bits per heavy atom. The van der Waals surface area contributed by atoms with Crippen molar-refractivity contribution < 1.29 is 23.1 Å². The number of anilines is 3. The summed E-state index contributed by atoms with van der Waals surface area (Å²) in [5.74, 6) is -2.47. The SMILES string of the molecule is CCOC(=O)c1ccc(NC(=O)c2cnc(Nc3c(F)cccc3F)cn2)cc1. The number of carbonyl (C=O) groups excluding carboxylic acids is 2. The van der Waals surface area contributed by atoms with Gasteiger partial charge in [0.2, 0.25) is 0 Å². The summed E-state index contributed by atoms with van der Waals surface area (Å²) in [6.45, 7) is 1.98. The lowest BCUT2D eigenvalue weighted by Crippen LogP contribution is -2.14. The quantitative estimate of drug-likeness (QED) is 0.611. The second-order valence-corrected chi connectivity index (χ2v) is 5.76. The van der Waals surface area contributed by atoms with E-state index in [1.54, 1.807) is 19.1 Å². The minimum atomic E-state index is -0.778. The van der Waals surface area contributed by atoms with Gasteiger partial charge in [-0.1, -0.05) is 6.07 Å². The van der Waals surface area contributed by atoms with Crippen LogP contribution >= 0.6 is 0 Å². The average molecular weight is 398 g/mol. The number of hydrogen-bond acceptors (Lipinski definition) is 6. The van der Waals surface area contributed by atoms with E-state index in [9.17, 15) is 18.4 Å². The number of halogens is 2. The van der Waals surface area contributed by atoms with Crippen LogP contribution in [-0.4, -0.2) is 28.5 Å². The molecular formula is C20H16F2N4O3. The molecule has 3 rings (SSSR count). The third-order valence-corrected chi connectivity index (χ3v) is 3.75. The minimum absolute atomic E-state index is 0.000903. The van der Waals surface area contributed by atoms with Crippen LogP contribution in [0.25, 0.3) is 0 Å². The topological polar surface area (TPSA) is 93.2 Å². The molecule has 3 aromatic rings. The molecule has 0 aliphatic carbocycles. The second kappa shape index (κ2) is 8.87. The van der Waals surface area contributed by atoms with Crippen molar-refractivity contribution in [1.29, 1.82) is 0 Å². The third-order valence-electron chi connectivity index (χ3n) is 3.75. The lowest BCUT2D eigenvalue weighted by molar-refractivity contribution is 0.0526. The van der Waals surface area contributed by atoms with E-state index in [4.69, 9.17) is 4.74 Å². The lowest BCUT2D eigenvalue weighted by atomic mass is 10.2. The minimum Gasteiger partial charge on any atom is -0.462 e. The molecule has 9 heteroatoms. The lowest BCUT2D eigenvalue weighted by Gasteiger charge is -2.09. The Hall–Kier alpha value is -3.88. The number of ether oxygens (including phenoxy) is 1. The molecule has 29 heavy (non-hydrogen) atoms. The first-order valence-corrected chi connectivity index (χ1v) is 8.59. The Balaban J connectivity index is 1.65. The molecule has 0 saturated heterocycles. The monoisotopic (exact) mass is 398 g/mol. The summed E-state index contributed by atoms with van der Waals surface area (Å²) < 4.78 is 32.2. The number of benzene rings is 2. The third kappa shape index (κ3) is 4.89. The van der Waals surface area contributed by atoms with Crippen LogP contribution in [0.2, 0.25) is 0 Å². The van der Waals surface area contributed by atoms with Crippen LogP contribution in [0.5, 0.6) is 0 Å². The van der Waals surface area contributed by atoms with Crippen LogP contribution in [-0.2, 0) is 4.74 Å². The smallest absolute Gasteiger partial charge is 0.338 e. The first-order chi connectivity index (χ1) is 14.0. The zero-order valence-corrected chi connectivity index (χ0v) is 15.3. The summed E-state index contributed by atoms with van der Waals surface area (Å²) >= 11 is 0. The molecule has 0 fully saturated rings. The van der Waals surface area contributed by atoms with Crippen molar-refractivity contribution >= 4 is 29.1 Å². The van der Waals surface area contributed by atoms with Crippen molar-refractivity contribution in [2.24, 2.45) is 0 Å². The first-order valence-electron chi connectivity index (χ1n) is 8.59. The molecule has 7 nitrogen and oxygen atoms in total. The van der Waals surface area contributed by atoms with Crippen LogP contribution in [0.15, 0.2) is 54.9 Å². The molecule has 0 radical (unpaired) electrons. The largest absolute Gasteiger partial charge is 0.462 e. The number of esters is 1. The van der Waals surface area contributed by atoms with Crippen molar-refractivity contribution in [2.45, 2.75) is 6.92 Å². The predicted octanol–water partition coefficient (Wildman–Crippen LogP) is 3.93. The highest BCUT2D eigenvalue weighted by Gasteiger charge is 2.12. The van der Waals surface area contributed by atoms with Gasteiger partial charge in [-0.25, -0.2) is 23.5 Å². The Morgan fingerprint density at radius 1 is 1.00 bits per heavy atom. The number of para-hydroxylation sites is 1. The van der Waals surface area contributed by atoms with Crippen LogP contribution in [0.1, 0.15) is 27.8 Å². The van der Waals surface area contributed by atoms with Gasteiger partial charge in [0, 0.05) is 5.69 Å². The van der Waals surface area contributed by atoms with Crippen LogP contribution < -0.4 is 10.6 Å². The number of amides is 1. The van der Waals surface area contributed by atoms with Gasteiger partial charge < -0.3 is 15.4 Å². The van der Waals surface area contributed by atoms with Gasteiger partial charge in [-0.15, -0.1) is 0 Å². The fourth-order valence-corrected chi connectivity index (χ4v) is 2.35. The van der Waals surface area contributed by atoms with E-state index in [-0.39, 0.29) is 23.8 Å². The van der Waals surface area contributed by atoms with Crippen molar-refractivity contribution in [1.82, 2.24) is 9.97 Å². The Labute approximate surface area is 164 Å². The highest BCUT2D eigenvalue weighted by atomic mass is 19.1. The number of nitrogens with zero attached hydrogens (tertiary/aromatic N) is 2. The van der Waals surface area contributed by atoms with Crippen LogP contribution in [0.4, 0.5) is 26.0 Å². The number of nitrogens with one attached hydrogen (secondary N) is 2. The molecule has 0 saturated carbocycles. The zero-order valence-electron chi connectivity index (χ0n) is 15.3. The van der Waals surface area contributed by atoms with E-state index in [0.717, 1.165) is 12.1 Å². The molecule has 1 aromatic heterocycles. The van der Waals surface area contributed by atoms with E-state index in [0.29, 0.717) is 11.3 Å². The summed E-state index contributed by atoms with van der Waals surface area (Å²) in [4.78, 5) is 31.8. The molecular weight excluding hydrogens is 382 g/mol. The Bertz CT molecular complexity index is 1000. The van der Waals surface area contributed by atoms with E-state index < -0.39 is 23.5 Å². The maximum absolute atomic E-state index is 13.7. The molecule has 2 aromatic carbocycles. The van der Waals surface area contributed by atoms with E-state index in [2.05, 4.69) is 20.6 Å². The highest BCUT2D eigenvalue weighted by molar-refractivity contribution is 6.03. The maximum atomic E-state index is 13.7. The summed E-state index contributed by atoms with van der Waals surface area (Å²) in [6, 6.07) is 9.60. The number of aromatic nitrogens is 2. The molecule has 0 aliphatic heterocycles. The Kier molecular flexibility index (Phi) is 6.08. The molecule has 0 atom stereocenters. The van der Waals surface area contributed by atoms with Crippen molar-refractivity contribution in [3.05, 3.63) is 77.8 Å². The first kappa shape index (κ1) is 19.9. The normalized spacial score (nSPS) is 10.3. The van der Waals surface area contributed by atoms with Crippen molar-refractivity contribution in [3.63, 3.8) is 0 Å². The van der Waals surface area contributed by atoms with Gasteiger partial charge in [-0.05, 0) is 43.3 Å². The zero-order chi connectivity index (χ0) is 20.8. The van der Waals surface area contributed by atoms with Gasteiger partial charge >= 0.3 is 5.97 Å². The van der Waals surface area contributed by atoms with E-state index >= 15 is 0 Å². The fourth-order valence-electron chi connectivity index (χ4n) is 2.35. The summed E-state index contributed by atoms with van der Waals surface area (Å²) in [5.41, 5.74) is 0.445. The number of rotatable bonds is 6. The highest BCUT2D eigenvalue weighted by Crippen LogP contribution is 2.21. The Morgan fingerprint density at radius 2 is 1.69 bits per heavy atom. The van der Waals surface area contributed by atoms with Crippen molar-refractivity contribution in [3.8, 4) is 0 Å². The molecule has 1 heterocycles. The molecule has 0 spiro atoms. The van der Waals surface area contributed by atoms with Gasteiger partial charge in [0.15, 0.2) is 0 Å². The van der Waals surface area contributed by atoms with Crippen LogP contribution in [0, 0.1) is 11.6 Å². The van der Waals surface area contributed by atoms with Gasteiger partial charge in [0.05, 0.1) is 24.6 Å². The molecule has 0 bridgehead atoms. The number of carbonyl (C=O) groups is 2. The van der Waals surface area contributed by atoms with Gasteiger partial charge in [-0.3, -0.25) is 4.79 Å². The molecule has 2 N–H and O–H groups in total. The average Bonchev–Trinajstić information content (AvgIpc) is 2.72. The second-order valence-electron chi connectivity index (χ2n) is 5.76. The summed E-state index contributed by atoms with van der Waals surface area (Å²) in [6.07, 6.45) is 2.36. The van der Waals surface area contributed by atoms with Crippen LogP contribution in [0.3, 0.4) is 0 Å². The predicted molar refractivity (Wildman–Crippen MR) is 102 cm³/mol. The standard InChI is InChI=1S/C20H16F2N4O3/c1-2-29-20(28)12-6-8-13(9-7-12)25-19(27)16-10-24-17(11-23-16)26-18-14(21)4-3-5-15(18)22/h3-11H,2H2,1H3,(H,24,26)(H,25,27). The van der Waals surface area contributed by atoms with Gasteiger partial charge in [-0.2, -0.15) is 0 Å². The summed E-state index contributed by atoms with van der Waals surface area (Å²) in [7, 11) is 0. The molecule has 1 amide bonds. The maximum Gasteiger partial charge on any atom is 0.338 e. The van der Waals surface area contributed by atoms with Gasteiger partial charge in [0.1, 0.15) is 28.8 Å². The number of hydrogen-bond donors (Lipinski definition) is 2. The summed E-state index contributed by atoms with van der Waals surface area (Å²) in [5, 5.41) is 5.09. The molecule has 0 unspecified atom stereocenters. The molecule has 148 valence electrons. The van der Waals surface area contributed by atoms with Crippen molar-refractivity contribution in [2.75, 3.05) is 17.2 Å². The van der Waals surface area contributed by atoms with E-state index in [1.807, 2.05) is 0 Å².